The number of carbonyl (C=O) groups is 1. The molecule has 0 bridgehead atoms. The highest BCUT2D eigenvalue weighted by Gasteiger charge is 2.45. The fourth-order valence-corrected chi connectivity index (χ4v) is 1.92. The number of hydrogen-bond donors (Lipinski definition) is 1. The van der Waals surface area contributed by atoms with Gasteiger partial charge in [0.2, 0.25) is 0 Å². The van der Waals surface area contributed by atoms with Gasteiger partial charge in [0.05, 0.1) is 6.61 Å². The maximum absolute atomic E-state index is 13.9. The molecule has 0 spiro atoms. The SMILES string of the molecule is CCOC(=O)C(F)(F)c1[nH]c2ccccc2c1C. The molecule has 2 rings (SSSR count). The second-order valence-corrected chi connectivity index (χ2v) is 3.97. The average molecular weight is 253 g/mol. The van der Waals surface area contributed by atoms with Gasteiger partial charge in [0, 0.05) is 10.9 Å². The average Bonchev–Trinajstić information content (AvgIpc) is 2.68. The molecule has 5 heteroatoms. The highest BCUT2D eigenvalue weighted by Crippen LogP contribution is 2.34. The maximum Gasteiger partial charge on any atom is 0.383 e. The standard InChI is InChI=1S/C13H13F2NO2/c1-3-18-12(17)13(14,15)11-8(2)9-6-4-5-7-10(9)16-11/h4-7,16H,3H2,1-2H3. The van der Waals surface area contributed by atoms with Gasteiger partial charge in [-0.05, 0) is 25.5 Å². The Hall–Kier alpha value is -1.91. The highest BCUT2D eigenvalue weighted by molar-refractivity contribution is 5.88. The van der Waals surface area contributed by atoms with Gasteiger partial charge in [-0.3, -0.25) is 0 Å². The van der Waals surface area contributed by atoms with Crippen LogP contribution in [-0.2, 0) is 15.5 Å². The van der Waals surface area contributed by atoms with Crippen LogP contribution in [-0.4, -0.2) is 17.6 Å². The van der Waals surface area contributed by atoms with Crippen LogP contribution in [0.15, 0.2) is 24.3 Å². The molecule has 96 valence electrons. The summed E-state index contributed by atoms with van der Waals surface area (Å²) in [6.45, 7) is 2.97. The molecule has 0 saturated heterocycles. The minimum atomic E-state index is -3.65. The third kappa shape index (κ3) is 1.85. The molecule has 0 unspecified atom stereocenters. The first-order chi connectivity index (χ1) is 8.48. The molecule has 2 aromatic rings. The number of aromatic amines is 1. The van der Waals surface area contributed by atoms with Gasteiger partial charge in [-0.1, -0.05) is 18.2 Å². The number of halogens is 2. The van der Waals surface area contributed by atoms with Gasteiger partial charge in [-0.2, -0.15) is 8.78 Å². The maximum atomic E-state index is 13.9. The lowest BCUT2D eigenvalue weighted by molar-refractivity contribution is -0.173. The van der Waals surface area contributed by atoms with Gasteiger partial charge in [-0.25, -0.2) is 4.79 Å². The molecular weight excluding hydrogens is 240 g/mol. The number of rotatable bonds is 3. The molecule has 1 aromatic heterocycles. The lowest BCUT2D eigenvalue weighted by Crippen LogP contribution is -2.29. The number of aryl methyl sites for hydroxylation is 1. The molecule has 18 heavy (non-hydrogen) atoms. The predicted octanol–water partition coefficient (Wildman–Crippen LogP) is 3.13. The smallest absolute Gasteiger partial charge is 0.383 e. The molecule has 1 aromatic carbocycles. The van der Waals surface area contributed by atoms with Crippen molar-refractivity contribution in [2.45, 2.75) is 19.8 Å². The number of aromatic nitrogens is 1. The summed E-state index contributed by atoms with van der Waals surface area (Å²) >= 11 is 0. The summed E-state index contributed by atoms with van der Waals surface area (Å²) in [5.41, 5.74) is 0.541. The topological polar surface area (TPSA) is 42.1 Å². The van der Waals surface area contributed by atoms with Crippen molar-refractivity contribution in [3.05, 3.63) is 35.5 Å². The van der Waals surface area contributed by atoms with Crippen molar-refractivity contribution >= 4 is 16.9 Å². The second-order valence-electron chi connectivity index (χ2n) is 3.97. The van der Waals surface area contributed by atoms with E-state index in [1.54, 1.807) is 31.2 Å². The van der Waals surface area contributed by atoms with Crippen LogP contribution in [0.3, 0.4) is 0 Å². The zero-order valence-corrected chi connectivity index (χ0v) is 10.1. The van der Waals surface area contributed by atoms with E-state index in [0.717, 1.165) is 0 Å². The largest absolute Gasteiger partial charge is 0.461 e. The first-order valence-corrected chi connectivity index (χ1v) is 5.61. The van der Waals surface area contributed by atoms with Gasteiger partial charge in [0.15, 0.2) is 0 Å². The van der Waals surface area contributed by atoms with E-state index in [1.807, 2.05) is 0 Å². The molecule has 0 saturated carbocycles. The first-order valence-electron chi connectivity index (χ1n) is 5.61. The Kier molecular flexibility index (Phi) is 3.07. The fraction of sp³-hybridized carbons (Fsp3) is 0.308. The molecule has 0 amide bonds. The lowest BCUT2D eigenvalue weighted by Gasteiger charge is -2.14. The number of nitrogens with one attached hydrogen (secondary N) is 1. The lowest BCUT2D eigenvalue weighted by atomic mass is 10.1. The van der Waals surface area contributed by atoms with Gasteiger partial charge < -0.3 is 9.72 Å². The Balaban J connectivity index is 2.53. The Morgan fingerprint density at radius 1 is 1.39 bits per heavy atom. The third-order valence-electron chi connectivity index (χ3n) is 2.81. The van der Waals surface area contributed by atoms with Crippen molar-refractivity contribution in [2.75, 3.05) is 6.61 Å². The van der Waals surface area contributed by atoms with Crippen molar-refractivity contribution in [1.82, 2.24) is 4.98 Å². The molecule has 0 aliphatic heterocycles. The Morgan fingerprint density at radius 2 is 2.06 bits per heavy atom. The summed E-state index contributed by atoms with van der Waals surface area (Å²) in [6.07, 6.45) is 0. The molecule has 1 heterocycles. The summed E-state index contributed by atoms with van der Waals surface area (Å²) in [6, 6.07) is 6.92. The fourth-order valence-electron chi connectivity index (χ4n) is 1.92. The van der Waals surface area contributed by atoms with Gasteiger partial charge in [0.1, 0.15) is 5.69 Å². The Labute approximate surface area is 103 Å². The summed E-state index contributed by atoms with van der Waals surface area (Å²) in [4.78, 5) is 13.9. The molecule has 0 radical (unpaired) electrons. The Bertz CT molecular complexity index is 590. The van der Waals surface area contributed by atoms with Crippen molar-refractivity contribution < 1.29 is 18.3 Å². The molecule has 0 aliphatic rings. The normalized spacial score (nSPS) is 11.8. The van der Waals surface area contributed by atoms with Gasteiger partial charge in [0.25, 0.3) is 0 Å². The number of carbonyl (C=O) groups excluding carboxylic acids is 1. The van der Waals surface area contributed by atoms with Crippen LogP contribution in [0.2, 0.25) is 0 Å². The summed E-state index contributed by atoms with van der Waals surface area (Å²) in [5.74, 6) is -5.18. The number of alkyl halides is 2. The molecule has 3 nitrogen and oxygen atoms in total. The monoisotopic (exact) mass is 253 g/mol. The molecule has 0 fully saturated rings. The number of hydrogen-bond acceptors (Lipinski definition) is 2. The van der Waals surface area contributed by atoms with Gasteiger partial charge >= 0.3 is 11.9 Å². The molecule has 0 atom stereocenters. The zero-order chi connectivity index (χ0) is 13.3. The second kappa shape index (κ2) is 4.40. The Morgan fingerprint density at radius 3 is 2.67 bits per heavy atom. The number of para-hydroxylation sites is 1. The zero-order valence-electron chi connectivity index (χ0n) is 10.1. The van der Waals surface area contributed by atoms with E-state index in [-0.39, 0.29) is 6.61 Å². The molecular formula is C13H13F2NO2. The number of esters is 1. The van der Waals surface area contributed by atoms with E-state index in [1.165, 1.54) is 6.92 Å². The molecule has 1 N–H and O–H groups in total. The summed E-state index contributed by atoms with van der Waals surface area (Å²) in [7, 11) is 0. The van der Waals surface area contributed by atoms with Crippen molar-refractivity contribution in [2.24, 2.45) is 0 Å². The summed E-state index contributed by atoms with van der Waals surface area (Å²) in [5, 5.41) is 0.677. The van der Waals surface area contributed by atoms with Crippen LogP contribution in [0.1, 0.15) is 18.2 Å². The van der Waals surface area contributed by atoms with Crippen LogP contribution in [0, 0.1) is 6.92 Å². The predicted molar refractivity (Wildman–Crippen MR) is 63.6 cm³/mol. The number of H-pyrrole nitrogens is 1. The minimum absolute atomic E-state index is 0.0757. The van der Waals surface area contributed by atoms with E-state index in [0.29, 0.717) is 16.5 Å². The molecule has 0 aliphatic carbocycles. The van der Waals surface area contributed by atoms with Crippen LogP contribution < -0.4 is 0 Å². The quantitative estimate of drug-likeness (QED) is 0.854. The van der Waals surface area contributed by atoms with E-state index < -0.39 is 17.6 Å². The first kappa shape index (κ1) is 12.5. The van der Waals surface area contributed by atoms with Crippen molar-refractivity contribution in [3.8, 4) is 0 Å². The van der Waals surface area contributed by atoms with Crippen molar-refractivity contribution in [3.63, 3.8) is 0 Å². The van der Waals surface area contributed by atoms with E-state index >= 15 is 0 Å². The number of ether oxygens (including phenoxy) is 1. The highest BCUT2D eigenvalue weighted by atomic mass is 19.3. The van der Waals surface area contributed by atoms with Gasteiger partial charge in [-0.15, -0.1) is 0 Å². The third-order valence-corrected chi connectivity index (χ3v) is 2.81. The van der Waals surface area contributed by atoms with E-state index in [4.69, 9.17) is 0 Å². The van der Waals surface area contributed by atoms with Crippen LogP contribution in [0.5, 0.6) is 0 Å². The van der Waals surface area contributed by atoms with E-state index in [9.17, 15) is 13.6 Å². The minimum Gasteiger partial charge on any atom is -0.461 e. The van der Waals surface area contributed by atoms with E-state index in [2.05, 4.69) is 9.72 Å². The van der Waals surface area contributed by atoms with Crippen LogP contribution in [0.25, 0.3) is 10.9 Å². The number of benzene rings is 1. The van der Waals surface area contributed by atoms with Crippen LogP contribution >= 0.6 is 0 Å². The van der Waals surface area contributed by atoms with Crippen molar-refractivity contribution in [1.29, 1.82) is 0 Å². The summed E-state index contributed by atoms with van der Waals surface area (Å²) < 4.78 is 32.3. The van der Waals surface area contributed by atoms with Crippen LogP contribution in [0.4, 0.5) is 8.78 Å². The number of fused-ring (bicyclic) bond motifs is 1.